The van der Waals surface area contributed by atoms with Gasteiger partial charge in [-0.2, -0.15) is 0 Å². The highest BCUT2D eigenvalue weighted by Gasteiger charge is 2.09. The molecule has 0 spiro atoms. The molecule has 0 amide bonds. The lowest BCUT2D eigenvalue weighted by molar-refractivity contribution is 0.243. The van der Waals surface area contributed by atoms with E-state index in [-0.39, 0.29) is 0 Å². The Morgan fingerprint density at radius 3 is 2.69 bits per heavy atom. The fraction of sp³-hybridized carbons (Fsp3) is 0.500. The molecular formula is C12H17O. The highest BCUT2D eigenvalue weighted by atomic mass is 16.5. The van der Waals surface area contributed by atoms with Crippen LogP contribution in [0.5, 0.6) is 5.75 Å². The third kappa shape index (κ3) is 4.56. The van der Waals surface area contributed by atoms with Crippen LogP contribution in [0.3, 0.4) is 0 Å². The second kappa shape index (κ2) is 4.31. The molecule has 1 aromatic carbocycles. The van der Waals surface area contributed by atoms with E-state index in [2.05, 4.69) is 26.8 Å². The van der Waals surface area contributed by atoms with Crippen molar-refractivity contribution < 1.29 is 4.74 Å². The number of hydrogen-bond acceptors (Lipinski definition) is 1. The van der Waals surface area contributed by atoms with Crippen LogP contribution in [-0.4, -0.2) is 6.61 Å². The van der Waals surface area contributed by atoms with Gasteiger partial charge in [0.1, 0.15) is 5.75 Å². The molecule has 0 bridgehead atoms. The van der Waals surface area contributed by atoms with E-state index in [1.807, 2.05) is 24.3 Å². The van der Waals surface area contributed by atoms with Crippen molar-refractivity contribution in [2.45, 2.75) is 27.2 Å². The van der Waals surface area contributed by atoms with Crippen LogP contribution < -0.4 is 4.74 Å². The van der Waals surface area contributed by atoms with Crippen molar-refractivity contribution >= 4 is 0 Å². The van der Waals surface area contributed by atoms with Gasteiger partial charge >= 0.3 is 0 Å². The van der Waals surface area contributed by atoms with Gasteiger partial charge in [0.15, 0.2) is 0 Å². The lowest BCUT2D eigenvalue weighted by Crippen LogP contribution is -2.10. The van der Waals surface area contributed by atoms with Crippen LogP contribution in [0.25, 0.3) is 0 Å². The molecule has 0 saturated carbocycles. The third-order valence-electron chi connectivity index (χ3n) is 1.80. The van der Waals surface area contributed by atoms with E-state index in [4.69, 9.17) is 4.74 Å². The Hall–Kier alpha value is -0.980. The predicted molar refractivity (Wildman–Crippen MR) is 54.8 cm³/mol. The van der Waals surface area contributed by atoms with Gasteiger partial charge in [0, 0.05) is 0 Å². The number of benzene rings is 1. The average Bonchev–Trinajstić information content (AvgIpc) is 2.04. The van der Waals surface area contributed by atoms with Gasteiger partial charge in [-0.05, 0) is 30.0 Å². The van der Waals surface area contributed by atoms with Crippen LogP contribution in [0.1, 0.15) is 27.2 Å². The Bertz CT molecular complexity index is 233. The van der Waals surface area contributed by atoms with Gasteiger partial charge in [-0.3, -0.25) is 0 Å². The Morgan fingerprint density at radius 2 is 2.15 bits per heavy atom. The maximum absolute atomic E-state index is 5.55. The molecule has 1 heteroatoms. The van der Waals surface area contributed by atoms with Crippen molar-refractivity contribution in [2.75, 3.05) is 6.61 Å². The molecule has 13 heavy (non-hydrogen) atoms. The van der Waals surface area contributed by atoms with E-state index >= 15 is 0 Å². The van der Waals surface area contributed by atoms with Crippen LogP contribution in [0.15, 0.2) is 24.3 Å². The summed E-state index contributed by atoms with van der Waals surface area (Å²) in [5, 5.41) is 0. The van der Waals surface area contributed by atoms with Crippen molar-refractivity contribution in [2.24, 2.45) is 5.41 Å². The van der Waals surface area contributed by atoms with Gasteiger partial charge in [-0.15, -0.1) is 0 Å². The SMILES string of the molecule is CC(C)(C)CCOc1c[c]ccc1. The zero-order valence-electron chi connectivity index (χ0n) is 8.63. The summed E-state index contributed by atoms with van der Waals surface area (Å²) in [6.45, 7) is 7.43. The predicted octanol–water partition coefficient (Wildman–Crippen LogP) is 3.30. The van der Waals surface area contributed by atoms with E-state index < -0.39 is 0 Å². The van der Waals surface area contributed by atoms with E-state index in [0.717, 1.165) is 18.8 Å². The molecule has 1 aromatic rings. The number of ether oxygens (including phenoxy) is 1. The lowest BCUT2D eigenvalue weighted by atomic mass is 9.93. The first-order valence-corrected chi connectivity index (χ1v) is 4.67. The van der Waals surface area contributed by atoms with Crippen LogP contribution >= 0.6 is 0 Å². The summed E-state index contributed by atoms with van der Waals surface area (Å²) in [6.07, 6.45) is 1.07. The molecule has 1 rings (SSSR count). The molecule has 0 saturated heterocycles. The summed E-state index contributed by atoms with van der Waals surface area (Å²) < 4.78 is 5.55. The van der Waals surface area contributed by atoms with Gasteiger partial charge in [0.05, 0.1) is 6.61 Å². The Balaban J connectivity index is 2.29. The number of rotatable bonds is 3. The molecule has 0 heterocycles. The molecule has 0 aromatic heterocycles. The quantitative estimate of drug-likeness (QED) is 0.688. The van der Waals surface area contributed by atoms with Crippen LogP contribution in [0.4, 0.5) is 0 Å². The Kier molecular flexibility index (Phi) is 3.35. The fourth-order valence-corrected chi connectivity index (χ4v) is 0.942. The second-order valence-electron chi connectivity index (χ2n) is 4.40. The van der Waals surface area contributed by atoms with Crippen LogP contribution in [-0.2, 0) is 0 Å². The van der Waals surface area contributed by atoms with Gasteiger partial charge < -0.3 is 4.74 Å². The van der Waals surface area contributed by atoms with Crippen LogP contribution in [0, 0.1) is 11.5 Å². The monoisotopic (exact) mass is 177 g/mol. The summed E-state index contributed by atoms with van der Waals surface area (Å²) in [4.78, 5) is 0. The summed E-state index contributed by atoms with van der Waals surface area (Å²) in [7, 11) is 0. The first-order chi connectivity index (χ1) is 6.08. The molecule has 0 fully saturated rings. The minimum atomic E-state index is 0.346. The van der Waals surface area contributed by atoms with E-state index in [0.29, 0.717) is 5.41 Å². The summed E-state index contributed by atoms with van der Waals surface area (Å²) in [5.41, 5.74) is 0.346. The molecule has 0 atom stereocenters. The molecule has 0 aliphatic heterocycles. The maximum atomic E-state index is 5.55. The topological polar surface area (TPSA) is 9.23 Å². The highest BCUT2D eigenvalue weighted by Crippen LogP contribution is 2.19. The molecule has 0 unspecified atom stereocenters. The molecule has 0 aliphatic rings. The van der Waals surface area contributed by atoms with Gasteiger partial charge in [0.2, 0.25) is 0 Å². The summed E-state index contributed by atoms with van der Waals surface area (Å²) >= 11 is 0. The standard InChI is InChI=1S/C12H17O/c1-12(2,3)9-10-13-11-7-5-4-6-8-11/h4-5,7-8H,9-10H2,1-3H3. The summed E-state index contributed by atoms with van der Waals surface area (Å²) in [6, 6.07) is 10.6. The zero-order valence-corrected chi connectivity index (χ0v) is 8.63. The first kappa shape index (κ1) is 10.1. The smallest absolute Gasteiger partial charge is 0.119 e. The highest BCUT2D eigenvalue weighted by molar-refractivity contribution is 5.19. The average molecular weight is 177 g/mol. The summed E-state index contributed by atoms with van der Waals surface area (Å²) in [5.74, 6) is 0.909. The Labute approximate surface area is 80.7 Å². The lowest BCUT2D eigenvalue weighted by Gasteiger charge is -2.17. The molecule has 1 radical (unpaired) electrons. The molecule has 71 valence electrons. The van der Waals surface area contributed by atoms with Gasteiger partial charge in [-0.1, -0.05) is 32.9 Å². The van der Waals surface area contributed by atoms with E-state index in [9.17, 15) is 0 Å². The molecule has 0 aliphatic carbocycles. The minimum Gasteiger partial charge on any atom is -0.494 e. The molecule has 1 nitrogen and oxygen atoms in total. The normalized spacial score (nSPS) is 11.3. The number of hydrogen-bond donors (Lipinski definition) is 0. The first-order valence-electron chi connectivity index (χ1n) is 4.67. The minimum absolute atomic E-state index is 0.346. The fourth-order valence-electron chi connectivity index (χ4n) is 0.942. The Morgan fingerprint density at radius 1 is 1.38 bits per heavy atom. The largest absolute Gasteiger partial charge is 0.494 e. The maximum Gasteiger partial charge on any atom is 0.119 e. The van der Waals surface area contributed by atoms with Gasteiger partial charge in [0.25, 0.3) is 0 Å². The second-order valence-corrected chi connectivity index (χ2v) is 4.40. The van der Waals surface area contributed by atoms with E-state index in [1.165, 1.54) is 0 Å². The molecule has 0 N–H and O–H groups in total. The van der Waals surface area contributed by atoms with Crippen molar-refractivity contribution in [3.05, 3.63) is 30.3 Å². The van der Waals surface area contributed by atoms with Crippen LogP contribution in [0.2, 0.25) is 0 Å². The van der Waals surface area contributed by atoms with Crippen molar-refractivity contribution in [3.63, 3.8) is 0 Å². The van der Waals surface area contributed by atoms with E-state index in [1.54, 1.807) is 0 Å². The zero-order chi connectivity index (χ0) is 9.73. The third-order valence-corrected chi connectivity index (χ3v) is 1.80. The van der Waals surface area contributed by atoms with Crippen molar-refractivity contribution in [3.8, 4) is 5.75 Å². The molecular weight excluding hydrogens is 160 g/mol. The van der Waals surface area contributed by atoms with Crippen molar-refractivity contribution in [1.82, 2.24) is 0 Å². The van der Waals surface area contributed by atoms with Gasteiger partial charge in [-0.25, -0.2) is 0 Å². The van der Waals surface area contributed by atoms with Crippen molar-refractivity contribution in [1.29, 1.82) is 0 Å².